The van der Waals surface area contributed by atoms with E-state index in [0.717, 1.165) is 43.6 Å². The molecule has 5 heteroatoms. The van der Waals surface area contributed by atoms with Crippen LogP contribution in [0.1, 0.15) is 60.8 Å². The van der Waals surface area contributed by atoms with E-state index in [0.29, 0.717) is 22.6 Å². The maximum Gasteiger partial charge on any atom is 0.417 e. The zero-order chi connectivity index (χ0) is 20.5. The van der Waals surface area contributed by atoms with Crippen LogP contribution in [0.2, 0.25) is 5.02 Å². The molecule has 0 radical (unpaired) electrons. The molecule has 0 saturated carbocycles. The second-order valence-corrected chi connectivity index (χ2v) is 9.04. The first kappa shape index (κ1) is 20.2. The van der Waals surface area contributed by atoms with Crippen molar-refractivity contribution in [2.45, 2.75) is 51.4 Å². The Morgan fingerprint density at radius 1 is 1.24 bits per heavy atom. The number of hydrogen-bond donors (Lipinski definition) is 1. The van der Waals surface area contributed by atoms with E-state index >= 15 is 0 Å². The first-order valence-electron chi connectivity index (χ1n) is 10.5. The summed E-state index contributed by atoms with van der Waals surface area (Å²) in [7, 11) is 2.18. The van der Waals surface area contributed by atoms with Gasteiger partial charge in [0.1, 0.15) is 0 Å². The Kier molecular flexibility index (Phi) is 5.84. The predicted octanol–water partition coefficient (Wildman–Crippen LogP) is 5.98. The second-order valence-electron chi connectivity index (χ2n) is 8.63. The van der Waals surface area contributed by atoms with Crippen LogP contribution in [0.15, 0.2) is 30.3 Å². The second kappa shape index (κ2) is 8.37. The van der Waals surface area contributed by atoms with Crippen LogP contribution in [0.4, 0.5) is 10.5 Å². The lowest BCUT2D eigenvalue weighted by atomic mass is 9.79. The van der Waals surface area contributed by atoms with Crippen molar-refractivity contribution >= 4 is 23.4 Å². The predicted molar refractivity (Wildman–Crippen MR) is 119 cm³/mol. The van der Waals surface area contributed by atoms with Crippen molar-refractivity contribution in [2.24, 2.45) is 0 Å². The largest absolute Gasteiger partial charge is 0.417 e. The molecule has 0 fully saturated rings. The highest BCUT2D eigenvalue weighted by Crippen LogP contribution is 2.44. The lowest BCUT2D eigenvalue weighted by Crippen LogP contribution is -2.25. The van der Waals surface area contributed by atoms with Gasteiger partial charge >= 0.3 is 6.09 Å². The summed E-state index contributed by atoms with van der Waals surface area (Å²) in [5.41, 5.74) is 5.77. The molecule has 0 aromatic heterocycles. The van der Waals surface area contributed by atoms with Gasteiger partial charge in [-0.2, -0.15) is 0 Å². The fourth-order valence-corrected chi connectivity index (χ4v) is 4.93. The molecule has 2 aliphatic rings. The summed E-state index contributed by atoms with van der Waals surface area (Å²) in [6, 6.07) is 9.88. The van der Waals surface area contributed by atoms with Crippen molar-refractivity contribution in [2.75, 3.05) is 25.5 Å². The lowest BCUT2D eigenvalue weighted by molar-refractivity contribution is 0.214. The molecule has 1 heterocycles. The van der Waals surface area contributed by atoms with Crippen LogP contribution in [-0.4, -0.2) is 31.1 Å². The third-order valence-corrected chi connectivity index (χ3v) is 6.44. The molecule has 29 heavy (non-hydrogen) atoms. The Morgan fingerprint density at radius 3 is 2.72 bits per heavy atom. The van der Waals surface area contributed by atoms with Crippen LogP contribution in [0.3, 0.4) is 0 Å². The van der Waals surface area contributed by atoms with Gasteiger partial charge in [-0.15, -0.1) is 0 Å². The number of carbonyl (C=O) groups excluding carboxylic acids is 1. The molecule has 1 amide bonds. The molecule has 2 aromatic carbocycles. The summed E-state index contributed by atoms with van der Waals surface area (Å²) in [6.07, 6.45) is 3.69. The monoisotopic (exact) mass is 412 g/mol. The Labute approximate surface area is 178 Å². The zero-order valence-corrected chi connectivity index (χ0v) is 18.2. The number of hydrogen-bond acceptors (Lipinski definition) is 3. The quantitative estimate of drug-likeness (QED) is 0.673. The van der Waals surface area contributed by atoms with Gasteiger partial charge in [0.15, 0.2) is 5.75 Å². The van der Waals surface area contributed by atoms with Gasteiger partial charge in [0.2, 0.25) is 0 Å². The van der Waals surface area contributed by atoms with E-state index in [2.05, 4.69) is 31.1 Å². The Hall–Kier alpha value is -2.04. The number of rotatable bonds is 3. The highest BCUT2D eigenvalue weighted by molar-refractivity contribution is 6.32. The summed E-state index contributed by atoms with van der Waals surface area (Å²) >= 11 is 6.59. The maximum absolute atomic E-state index is 12.6. The number of benzene rings is 2. The van der Waals surface area contributed by atoms with E-state index in [1.54, 1.807) is 0 Å². The van der Waals surface area contributed by atoms with Gasteiger partial charge in [0, 0.05) is 24.3 Å². The summed E-state index contributed by atoms with van der Waals surface area (Å²) in [5.74, 6) is 1.48. The molecule has 2 aromatic rings. The molecule has 4 nitrogen and oxygen atoms in total. The molecule has 1 unspecified atom stereocenters. The summed E-state index contributed by atoms with van der Waals surface area (Å²) in [4.78, 5) is 15.0. The number of nitrogens with one attached hydrogen (secondary N) is 1. The molecule has 1 aliphatic carbocycles. The Bertz CT molecular complexity index is 908. The van der Waals surface area contributed by atoms with E-state index in [-0.39, 0.29) is 0 Å². The van der Waals surface area contributed by atoms with Crippen LogP contribution in [0, 0.1) is 0 Å². The van der Waals surface area contributed by atoms with Gasteiger partial charge in [-0.05, 0) is 79.5 Å². The standard InChI is InChI=1S/C24H29ClN2O2/c1-15(2)16-7-9-19(10-8-16)26-24(28)29-23-20-6-4-5-18-14-27(3)12-11-17(22(18)20)13-21(23)25/h7-10,13,15,18H,4-6,11-12,14H2,1-3H3,(H,26,28). The third-order valence-electron chi connectivity index (χ3n) is 6.16. The number of ether oxygens (including phenoxy) is 1. The molecule has 0 saturated heterocycles. The average molecular weight is 413 g/mol. The normalized spacial score (nSPS) is 18.9. The van der Waals surface area contributed by atoms with Crippen molar-refractivity contribution in [3.63, 3.8) is 0 Å². The van der Waals surface area contributed by atoms with E-state index in [1.807, 2.05) is 30.3 Å². The topological polar surface area (TPSA) is 41.6 Å². The van der Waals surface area contributed by atoms with E-state index in [1.165, 1.54) is 23.1 Å². The number of anilines is 1. The Balaban J connectivity index is 1.57. The zero-order valence-electron chi connectivity index (χ0n) is 17.4. The molecule has 1 aliphatic heterocycles. The molecule has 1 N–H and O–H groups in total. The van der Waals surface area contributed by atoms with Crippen molar-refractivity contribution < 1.29 is 9.53 Å². The average Bonchev–Trinajstić information content (AvgIpc) is 2.84. The van der Waals surface area contributed by atoms with Gasteiger partial charge in [0.05, 0.1) is 5.02 Å². The molecular weight excluding hydrogens is 384 g/mol. The first-order chi connectivity index (χ1) is 13.9. The SMILES string of the molecule is CC(C)c1ccc(NC(=O)Oc2c(Cl)cc3c4c2CCCC4CN(C)CC3)cc1. The van der Waals surface area contributed by atoms with Gasteiger partial charge in [-0.25, -0.2) is 4.79 Å². The lowest BCUT2D eigenvalue weighted by Gasteiger charge is -2.29. The third kappa shape index (κ3) is 4.29. The number of amides is 1. The van der Waals surface area contributed by atoms with Gasteiger partial charge in [-0.3, -0.25) is 5.32 Å². The number of carbonyl (C=O) groups is 1. The fourth-order valence-electron chi connectivity index (χ4n) is 4.65. The molecule has 0 bridgehead atoms. The number of halogens is 1. The molecule has 0 spiro atoms. The Morgan fingerprint density at radius 2 is 2.00 bits per heavy atom. The van der Waals surface area contributed by atoms with Crippen LogP contribution < -0.4 is 10.1 Å². The molecule has 154 valence electrons. The molecular formula is C24H29ClN2O2. The van der Waals surface area contributed by atoms with Crippen LogP contribution >= 0.6 is 11.6 Å². The fraction of sp³-hybridized carbons (Fsp3) is 0.458. The maximum atomic E-state index is 12.6. The van der Waals surface area contributed by atoms with Gasteiger partial charge in [0.25, 0.3) is 0 Å². The van der Waals surface area contributed by atoms with Crippen LogP contribution in [-0.2, 0) is 12.8 Å². The minimum absolute atomic E-state index is 0.453. The van der Waals surface area contributed by atoms with Crippen LogP contribution in [0.25, 0.3) is 0 Å². The van der Waals surface area contributed by atoms with Crippen molar-refractivity contribution in [1.82, 2.24) is 4.90 Å². The summed E-state index contributed by atoms with van der Waals surface area (Å²) < 4.78 is 5.77. The van der Waals surface area contributed by atoms with Crippen molar-refractivity contribution in [3.05, 3.63) is 57.6 Å². The summed E-state index contributed by atoms with van der Waals surface area (Å²) in [5, 5.41) is 3.37. The van der Waals surface area contributed by atoms with E-state index in [9.17, 15) is 4.79 Å². The van der Waals surface area contributed by atoms with E-state index < -0.39 is 6.09 Å². The smallest absolute Gasteiger partial charge is 0.408 e. The molecule has 1 atom stereocenters. The van der Waals surface area contributed by atoms with Crippen molar-refractivity contribution in [3.8, 4) is 5.75 Å². The first-order valence-corrected chi connectivity index (χ1v) is 10.9. The minimum atomic E-state index is -0.492. The molecule has 4 rings (SSSR count). The minimum Gasteiger partial charge on any atom is -0.408 e. The number of nitrogens with zero attached hydrogens (tertiary/aromatic N) is 1. The highest BCUT2D eigenvalue weighted by Gasteiger charge is 2.31. The van der Waals surface area contributed by atoms with Gasteiger partial charge < -0.3 is 9.64 Å². The van der Waals surface area contributed by atoms with Crippen LogP contribution in [0.5, 0.6) is 5.75 Å². The van der Waals surface area contributed by atoms with Gasteiger partial charge in [-0.1, -0.05) is 37.6 Å². The highest BCUT2D eigenvalue weighted by atomic mass is 35.5. The summed E-state index contributed by atoms with van der Waals surface area (Å²) in [6.45, 7) is 6.38. The number of likely N-dealkylation sites (N-methyl/N-ethyl adjacent to an activating group) is 1. The van der Waals surface area contributed by atoms with Crippen molar-refractivity contribution in [1.29, 1.82) is 0 Å². The van der Waals surface area contributed by atoms with E-state index in [4.69, 9.17) is 16.3 Å².